The minimum absolute atomic E-state index is 0.0699. The van der Waals surface area contributed by atoms with Crippen LogP contribution in [0.3, 0.4) is 0 Å². The van der Waals surface area contributed by atoms with Gasteiger partial charge in [-0.15, -0.1) is 0 Å². The second kappa shape index (κ2) is 7.96. The summed E-state index contributed by atoms with van der Waals surface area (Å²) in [6.07, 6.45) is 1.83. The largest absolute Gasteiger partial charge is 0.445 e. The Labute approximate surface area is 161 Å². The highest BCUT2D eigenvalue weighted by atomic mass is 16.5. The number of hydrogen-bond donors (Lipinski definition) is 3. The van der Waals surface area contributed by atoms with Crippen LogP contribution in [0.2, 0.25) is 0 Å². The molecule has 7 heteroatoms. The molecule has 4 rings (SSSR count). The number of alkyl carbamates (subject to hydrolysis) is 1. The van der Waals surface area contributed by atoms with E-state index >= 15 is 0 Å². The number of ether oxygens (including phenoxy) is 1. The van der Waals surface area contributed by atoms with Crippen LogP contribution in [0.15, 0.2) is 65.8 Å². The molecule has 1 aromatic heterocycles. The molecule has 3 aromatic rings. The Balaban J connectivity index is 1.47. The average molecular weight is 376 g/mol. The molecule has 2 amide bonds. The van der Waals surface area contributed by atoms with E-state index in [0.717, 1.165) is 22.0 Å². The van der Waals surface area contributed by atoms with Gasteiger partial charge < -0.3 is 20.4 Å². The molecule has 28 heavy (non-hydrogen) atoms. The molecule has 0 bridgehead atoms. The highest BCUT2D eigenvalue weighted by molar-refractivity contribution is 6.07. The van der Waals surface area contributed by atoms with Crippen LogP contribution in [-0.2, 0) is 22.6 Å². The lowest BCUT2D eigenvalue weighted by molar-refractivity contribution is -0.117. The lowest BCUT2D eigenvalue weighted by Gasteiger charge is -2.18. The lowest BCUT2D eigenvalue weighted by atomic mass is 10.0. The Bertz CT molecular complexity index is 1030. The molecule has 0 fully saturated rings. The van der Waals surface area contributed by atoms with Crippen molar-refractivity contribution in [3.63, 3.8) is 0 Å². The summed E-state index contributed by atoms with van der Waals surface area (Å²) < 4.78 is 5.33. The third kappa shape index (κ3) is 4.03. The predicted octanol–water partition coefficient (Wildman–Crippen LogP) is 2.53. The van der Waals surface area contributed by atoms with Crippen LogP contribution in [0.5, 0.6) is 0 Å². The number of hydrogen-bond acceptors (Lipinski definition) is 4. The first-order chi connectivity index (χ1) is 13.7. The maximum absolute atomic E-state index is 12.3. The third-order valence-corrected chi connectivity index (χ3v) is 4.59. The molecule has 1 atom stereocenters. The first-order valence-corrected chi connectivity index (χ1v) is 9.05. The second-order valence-corrected chi connectivity index (χ2v) is 6.57. The SMILES string of the molecule is O=C1CN=C([C@H](Cc2c[nH]c3ccccc23)NC(=O)OCc2ccccc2)N1. The number of rotatable bonds is 6. The van der Waals surface area contributed by atoms with Gasteiger partial charge in [-0.25, -0.2) is 4.79 Å². The van der Waals surface area contributed by atoms with Gasteiger partial charge in [0, 0.05) is 23.5 Å². The molecule has 0 unspecified atom stereocenters. The van der Waals surface area contributed by atoms with Gasteiger partial charge in [0.1, 0.15) is 19.0 Å². The summed E-state index contributed by atoms with van der Waals surface area (Å²) in [4.78, 5) is 31.4. The summed E-state index contributed by atoms with van der Waals surface area (Å²) in [5.41, 5.74) is 2.94. The standard InChI is InChI=1S/C21H20N4O3/c26-19-12-23-20(25-19)18(10-15-11-22-17-9-5-4-8-16(15)17)24-21(27)28-13-14-6-2-1-3-7-14/h1-9,11,18,22H,10,12-13H2,(H,24,27)(H,23,25,26)/t18-/m0/s1. The van der Waals surface area contributed by atoms with Crippen molar-refractivity contribution in [2.75, 3.05) is 6.54 Å². The van der Waals surface area contributed by atoms with Gasteiger partial charge in [-0.2, -0.15) is 0 Å². The average Bonchev–Trinajstić information content (AvgIpc) is 3.33. The van der Waals surface area contributed by atoms with Crippen LogP contribution in [0.1, 0.15) is 11.1 Å². The van der Waals surface area contributed by atoms with Gasteiger partial charge in [-0.05, 0) is 17.2 Å². The van der Waals surface area contributed by atoms with Crippen LogP contribution >= 0.6 is 0 Å². The number of fused-ring (bicyclic) bond motifs is 1. The van der Waals surface area contributed by atoms with Crippen LogP contribution < -0.4 is 10.6 Å². The number of aromatic nitrogens is 1. The summed E-state index contributed by atoms with van der Waals surface area (Å²) in [5.74, 6) is 0.269. The number of para-hydroxylation sites is 1. The fraction of sp³-hybridized carbons (Fsp3) is 0.190. The molecule has 0 saturated carbocycles. The summed E-state index contributed by atoms with van der Waals surface area (Å²) in [6, 6.07) is 16.9. The molecule has 2 aromatic carbocycles. The van der Waals surface area contributed by atoms with Gasteiger partial charge >= 0.3 is 6.09 Å². The monoisotopic (exact) mass is 376 g/mol. The number of H-pyrrole nitrogens is 1. The number of benzene rings is 2. The van der Waals surface area contributed by atoms with E-state index in [1.54, 1.807) is 0 Å². The van der Waals surface area contributed by atoms with E-state index in [0.29, 0.717) is 12.3 Å². The summed E-state index contributed by atoms with van der Waals surface area (Å²) in [6.45, 7) is 0.242. The number of nitrogens with zero attached hydrogens (tertiary/aromatic N) is 1. The zero-order valence-electron chi connectivity index (χ0n) is 15.1. The first-order valence-electron chi connectivity index (χ1n) is 9.05. The van der Waals surface area contributed by atoms with E-state index < -0.39 is 12.1 Å². The van der Waals surface area contributed by atoms with Gasteiger partial charge in [0.05, 0.1) is 6.04 Å². The van der Waals surface area contributed by atoms with Crippen molar-refractivity contribution in [1.29, 1.82) is 0 Å². The van der Waals surface area contributed by atoms with Crippen LogP contribution in [0, 0.1) is 0 Å². The van der Waals surface area contributed by atoms with E-state index in [2.05, 4.69) is 20.6 Å². The van der Waals surface area contributed by atoms with Gasteiger partial charge in [0.15, 0.2) is 0 Å². The molecule has 2 heterocycles. The summed E-state index contributed by atoms with van der Waals surface area (Å²) >= 11 is 0. The minimum Gasteiger partial charge on any atom is -0.445 e. The van der Waals surface area contributed by atoms with Crippen LogP contribution in [0.4, 0.5) is 4.79 Å². The quantitative estimate of drug-likeness (QED) is 0.617. The van der Waals surface area contributed by atoms with Gasteiger partial charge in [0.2, 0.25) is 5.91 Å². The maximum atomic E-state index is 12.3. The molecule has 3 N–H and O–H groups in total. The predicted molar refractivity (Wildman–Crippen MR) is 106 cm³/mol. The molecule has 0 radical (unpaired) electrons. The Morgan fingerprint density at radius 2 is 1.93 bits per heavy atom. The smallest absolute Gasteiger partial charge is 0.408 e. The number of aliphatic imine (C=N–C) groups is 1. The Morgan fingerprint density at radius 3 is 2.71 bits per heavy atom. The fourth-order valence-corrected chi connectivity index (χ4v) is 3.22. The number of amides is 2. The molecule has 0 saturated heterocycles. The van der Waals surface area contributed by atoms with Crippen molar-refractivity contribution in [2.45, 2.75) is 19.1 Å². The van der Waals surface area contributed by atoms with Gasteiger partial charge in [0.25, 0.3) is 0 Å². The normalized spacial score (nSPS) is 14.4. The number of carbonyl (C=O) groups is 2. The van der Waals surface area contributed by atoms with Crippen LogP contribution in [-0.4, -0.2) is 35.4 Å². The zero-order valence-corrected chi connectivity index (χ0v) is 15.1. The summed E-state index contributed by atoms with van der Waals surface area (Å²) in [7, 11) is 0. The maximum Gasteiger partial charge on any atom is 0.408 e. The van der Waals surface area contributed by atoms with Crippen molar-refractivity contribution in [3.05, 3.63) is 71.9 Å². The van der Waals surface area contributed by atoms with Crippen LogP contribution in [0.25, 0.3) is 10.9 Å². The fourth-order valence-electron chi connectivity index (χ4n) is 3.22. The molecule has 0 aliphatic carbocycles. The Hall–Kier alpha value is -3.61. The van der Waals surface area contributed by atoms with E-state index in [9.17, 15) is 9.59 Å². The van der Waals surface area contributed by atoms with E-state index in [-0.39, 0.29) is 19.1 Å². The molecular weight excluding hydrogens is 356 g/mol. The number of aromatic amines is 1. The number of nitrogens with one attached hydrogen (secondary N) is 3. The van der Waals surface area contributed by atoms with Crippen molar-refractivity contribution in [3.8, 4) is 0 Å². The Kier molecular flexibility index (Phi) is 5.05. The van der Waals surface area contributed by atoms with E-state index in [1.807, 2.05) is 60.8 Å². The zero-order chi connectivity index (χ0) is 19.3. The molecule has 0 spiro atoms. The summed E-state index contributed by atoms with van der Waals surface area (Å²) in [5, 5.41) is 6.62. The van der Waals surface area contributed by atoms with E-state index in [4.69, 9.17) is 4.74 Å². The highest BCUT2D eigenvalue weighted by Crippen LogP contribution is 2.19. The lowest BCUT2D eigenvalue weighted by Crippen LogP contribution is -2.47. The third-order valence-electron chi connectivity index (χ3n) is 4.59. The molecule has 142 valence electrons. The number of amidine groups is 1. The van der Waals surface area contributed by atoms with Crippen molar-refractivity contribution < 1.29 is 14.3 Å². The molecule has 1 aliphatic heterocycles. The second-order valence-electron chi connectivity index (χ2n) is 6.57. The topological polar surface area (TPSA) is 95.6 Å². The molecule has 7 nitrogen and oxygen atoms in total. The molecular formula is C21H20N4O3. The molecule has 1 aliphatic rings. The first kappa shape index (κ1) is 17.8. The van der Waals surface area contributed by atoms with Crippen molar-refractivity contribution >= 4 is 28.7 Å². The van der Waals surface area contributed by atoms with Crippen molar-refractivity contribution in [2.24, 2.45) is 4.99 Å². The van der Waals surface area contributed by atoms with Gasteiger partial charge in [-0.1, -0.05) is 48.5 Å². The van der Waals surface area contributed by atoms with Gasteiger partial charge in [-0.3, -0.25) is 9.79 Å². The van der Waals surface area contributed by atoms with E-state index in [1.165, 1.54) is 0 Å². The Morgan fingerprint density at radius 1 is 1.14 bits per heavy atom. The number of carbonyl (C=O) groups excluding carboxylic acids is 2. The van der Waals surface area contributed by atoms with Crippen molar-refractivity contribution in [1.82, 2.24) is 15.6 Å². The minimum atomic E-state index is -0.558. The highest BCUT2D eigenvalue weighted by Gasteiger charge is 2.26.